The Kier molecular flexibility index (Phi) is 4.53. The number of nitrogens with zero attached hydrogens (tertiary/aromatic N) is 1. The molecule has 0 aromatic heterocycles. The molecule has 1 aliphatic heterocycles. The van der Waals surface area contributed by atoms with Gasteiger partial charge < -0.3 is 10.2 Å². The average Bonchev–Trinajstić information content (AvgIpc) is 2.77. The molecule has 20 heavy (non-hydrogen) atoms. The Morgan fingerprint density at radius 1 is 1.40 bits per heavy atom. The minimum absolute atomic E-state index is 0.135. The van der Waals surface area contributed by atoms with Crippen LogP contribution in [0.3, 0.4) is 0 Å². The van der Waals surface area contributed by atoms with Gasteiger partial charge in [0.15, 0.2) is 0 Å². The normalized spacial score (nSPS) is 17.9. The number of carbonyl (C=O) groups is 2. The molecule has 1 aromatic carbocycles. The molecule has 0 radical (unpaired) electrons. The van der Waals surface area contributed by atoms with Gasteiger partial charge in [-0.3, -0.25) is 9.59 Å². The maximum absolute atomic E-state index is 12.0. The SMILES string of the molecule is C#CCNC(=O)[C@@H]1CC(=O)N(c2cc(Cl)cc(Cl)c2)C1. The third kappa shape index (κ3) is 3.24. The molecule has 1 aromatic rings. The summed E-state index contributed by atoms with van der Waals surface area (Å²) in [6.45, 7) is 0.457. The highest BCUT2D eigenvalue weighted by atomic mass is 35.5. The van der Waals surface area contributed by atoms with E-state index in [1.165, 1.54) is 4.90 Å². The molecule has 2 rings (SSSR count). The van der Waals surface area contributed by atoms with Crippen LogP contribution in [-0.2, 0) is 9.59 Å². The molecule has 4 nitrogen and oxygen atoms in total. The molecular weight excluding hydrogens is 299 g/mol. The summed E-state index contributed by atoms with van der Waals surface area (Å²) in [4.78, 5) is 25.3. The summed E-state index contributed by atoms with van der Waals surface area (Å²) in [5.74, 6) is 1.57. The van der Waals surface area contributed by atoms with Crippen LogP contribution in [0, 0.1) is 18.3 Å². The summed E-state index contributed by atoms with van der Waals surface area (Å²) >= 11 is 11.8. The molecule has 1 saturated heterocycles. The smallest absolute Gasteiger partial charge is 0.227 e. The Hall–Kier alpha value is -1.70. The van der Waals surface area contributed by atoms with E-state index in [2.05, 4.69) is 11.2 Å². The quantitative estimate of drug-likeness (QED) is 0.869. The van der Waals surface area contributed by atoms with Crippen molar-refractivity contribution >= 4 is 40.7 Å². The van der Waals surface area contributed by atoms with E-state index < -0.39 is 5.92 Å². The van der Waals surface area contributed by atoms with Crippen LogP contribution in [0.2, 0.25) is 10.0 Å². The van der Waals surface area contributed by atoms with Crippen molar-refractivity contribution in [1.29, 1.82) is 0 Å². The monoisotopic (exact) mass is 310 g/mol. The van der Waals surface area contributed by atoms with Crippen molar-refractivity contribution in [1.82, 2.24) is 5.32 Å². The molecule has 1 fully saturated rings. The lowest BCUT2D eigenvalue weighted by Crippen LogP contribution is -2.33. The molecule has 104 valence electrons. The van der Waals surface area contributed by atoms with Crippen molar-refractivity contribution in [2.45, 2.75) is 6.42 Å². The number of rotatable bonds is 3. The van der Waals surface area contributed by atoms with Crippen molar-refractivity contribution in [3.63, 3.8) is 0 Å². The van der Waals surface area contributed by atoms with E-state index in [1.807, 2.05) is 0 Å². The zero-order valence-corrected chi connectivity index (χ0v) is 12.0. The molecule has 2 amide bonds. The molecule has 1 aliphatic rings. The lowest BCUT2D eigenvalue weighted by atomic mass is 10.1. The number of hydrogen-bond donors (Lipinski definition) is 1. The molecule has 0 spiro atoms. The van der Waals surface area contributed by atoms with E-state index in [9.17, 15) is 9.59 Å². The van der Waals surface area contributed by atoms with Crippen LogP contribution in [0.1, 0.15) is 6.42 Å². The van der Waals surface area contributed by atoms with Crippen LogP contribution in [0.15, 0.2) is 18.2 Å². The number of amides is 2. The molecular formula is C14H12Cl2N2O2. The van der Waals surface area contributed by atoms with Crippen molar-refractivity contribution in [2.75, 3.05) is 18.0 Å². The molecule has 6 heteroatoms. The summed E-state index contributed by atoms with van der Waals surface area (Å²) in [5.41, 5.74) is 0.597. The fraction of sp³-hybridized carbons (Fsp3) is 0.286. The van der Waals surface area contributed by atoms with Gasteiger partial charge in [-0.05, 0) is 18.2 Å². The van der Waals surface area contributed by atoms with Crippen LogP contribution < -0.4 is 10.2 Å². The van der Waals surface area contributed by atoms with Crippen LogP contribution in [-0.4, -0.2) is 24.9 Å². The second-order valence-electron chi connectivity index (χ2n) is 4.45. The molecule has 1 heterocycles. The van der Waals surface area contributed by atoms with Gasteiger partial charge in [0, 0.05) is 28.7 Å². The number of nitrogens with one attached hydrogen (secondary N) is 1. The Morgan fingerprint density at radius 2 is 2.05 bits per heavy atom. The Balaban J connectivity index is 2.13. The Morgan fingerprint density at radius 3 is 2.65 bits per heavy atom. The highest BCUT2D eigenvalue weighted by Crippen LogP contribution is 2.30. The van der Waals surface area contributed by atoms with Gasteiger partial charge in [0.1, 0.15) is 0 Å². The largest absolute Gasteiger partial charge is 0.345 e. The van der Waals surface area contributed by atoms with Crippen molar-refractivity contribution in [3.05, 3.63) is 28.2 Å². The fourth-order valence-corrected chi connectivity index (χ4v) is 2.62. The fourth-order valence-electron chi connectivity index (χ4n) is 2.11. The van der Waals surface area contributed by atoms with E-state index in [-0.39, 0.29) is 24.8 Å². The van der Waals surface area contributed by atoms with Gasteiger partial charge in [-0.25, -0.2) is 0 Å². The number of terminal acetylenes is 1. The maximum atomic E-state index is 12.0. The summed E-state index contributed by atoms with van der Waals surface area (Å²) in [5, 5.41) is 3.47. The zero-order chi connectivity index (χ0) is 14.7. The first-order valence-electron chi connectivity index (χ1n) is 5.99. The van der Waals surface area contributed by atoms with Gasteiger partial charge in [0.2, 0.25) is 11.8 Å². The summed E-state index contributed by atoms with van der Waals surface area (Å²) in [6.07, 6.45) is 5.24. The number of carbonyl (C=O) groups excluding carboxylic acids is 2. The first-order chi connectivity index (χ1) is 9.51. The molecule has 1 atom stereocenters. The van der Waals surface area contributed by atoms with E-state index in [1.54, 1.807) is 18.2 Å². The molecule has 0 aliphatic carbocycles. The average molecular weight is 311 g/mol. The Labute approximate surface area is 127 Å². The van der Waals surface area contributed by atoms with E-state index >= 15 is 0 Å². The Bertz CT molecular complexity index is 575. The van der Waals surface area contributed by atoms with Crippen molar-refractivity contribution < 1.29 is 9.59 Å². The predicted octanol–water partition coefficient (Wildman–Crippen LogP) is 2.10. The predicted molar refractivity (Wildman–Crippen MR) is 78.8 cm³/mol. The van der Waals surface area contributed by atoms with Crippen LogP contribution in [0.5, 0.6) is 0 Å². The minimum atomic E-state index is -0.409. The molecule has 1 N–H and O–H groups in total. The van der Waals surface area contributed by atoms with Gasteiger partial charge in [0.05, 0.1) is 12.5 Å². The summed E-state index contributed by atoms with van der Waals surface area (Å²) in [6, 6.07) is 4.88. The minimum Gasteiger partial charge on any atom is -0.345 e. The number of hydrogen-bond acceptors (Lipinski definition) is 2. The molecule has 0 unspecified atom stereocenters. The first kappa shape index (κ1) is 14.7. The van der Waals surface area contributed by atoms with Crippen LogP contribution >= 0.6 is 23.2 Å². The van der Waals surface area contributed by atoms with Crippen molar-refractivity contribution in [3.8, 4) is 12.3 Å². The van der Waals surface area contributed by atoms with Gasteiger partial charge in [-0.15, -0.1) is 6.42 Å². The zero-order valence-electron chi connectivity index (χ0n) is 10.5. The van der Waals surface area contributed by atoms with Gasteiger partial charge in [-0.1, -0.05) is 29.1 Å². The third-order valence-electron chi connectivity index (χ3n) is 3.02. The highest BCUT2D eigenvalue weighted by Gasteiger charge is 2.35. The van der Waals surface area contributed by atoms with Crippen LogP contribution in [0.4, 0.5) is 5.69 Å². The molecule has 0 bridgehead atoms. The number of halogens is 2. The maximum Gasteiger partial charge on any atom is 0.227 e. The van der Waals surface area contributed by atoms with Gasteiger partial charge in [0.25, 0.3) is 0 Å². The second kappa shape index (κ2) is 6.17. The molecule has 0 saturated carbocycles. The second-order valence-corrected chi connectivity index (χ2v) is 5.33. The standard InChI is InChI=1S/C14H12Cl2N2O2/c1-2-3-17-14(20)9-4-13(19)18(8-9)12-6-10(15)5-11(16)7-12/h1,5-7,9H,3-4,8H2,(H,17,20)/t9-/m1/s1. The lowest BCUT2D eigenvalue weighted by molar-refractivity contribution is -0.126. The first-order valence-corrected chi connectivity index (χ1v) is 6.74. The summed E-state index contributed by atoms with van der Waals surface area (Å²) in [7, 11) is 0. The number of anilines is 1. The number of benzene rings is 1. The lowest BCUT2D eigenvalue weighted by Gasteiger charge is -2.17. The van der Waals surface area contributed by atoms with E-state index in [0.717, 1.165) is 0 Å². The van der Waals surface area contributed by atoms with Gasteiger partial charge in [-0.2, -0.15) is 0 Å². The third-order valence-corrected chi connectivity index (χ3v) is 3.46. The topological polar surface area (TPSA) is 49.4 Å². The van der Waals surface area contributed by atoms with Gasteiger partial charge >= 0.3 is 0 Å². The van der Waals surface area contributed by atoms with E-state index in [4.69, 9.17) is 29.6 Å². The summed E-state index contributed by atoms with van der Waals surface area (Å²) < 4.78 is 0. The van der Waals surface area contributed by atoms with E-state index in [0.29, 0.717) is 22.3 Å². The van der Waals surface area contributed by atoms with Crippen LogP contribution in [0.25, 0.3) is 0 Å². The highest BCUT2D eigenvalue weighted by molar-refractivity contribution is 6.35. The van der Waals surface area contributed by atoms with Crippen molar-refractivity contribution in [2.24, 2.45) is 5.92 Å².